The van der Waals surface area contributed by atoms with Crippen molar-refractivity contribution in [2.45, 2.75) is 38.6 Å². The van der Waals surface area contributed by atoms with Crippen LogP contribution in [-0.4, -0.2) is 40.0 Å². The average Bonchev–Trinajstić information content (AvgIpc) is 2.37. The molecule has 5 heteroatoms. The Kier molecular flexibility index (Phi) is 4.78. The quantitative estimate of drug-likeness (QED) is 0.667. The minimum atomic E-state index is -1.07. The second-order valence-corrected chi connectivity index (χ2v) is 6.31. The Balaban J connectivity index is 3.07. The maximum atomic E-state index is 12.2. The normalized spacial score (nSPS) is 12.3. The summed E-state index contributed by atoms with van der Waals surface area (Å²) in [6, 6.07) is 4.61. The molecular formula is C15H23NO4. The van der Waals surface area contributed by atoms with Gasteiger partial charge in [-0.3, -0.25) is 4.79 Å². The molecule has 0 unspecified atom stereocenters. The second-order valence-electron chi connectivity index (χ2n) is 6.31. The number of benzene rings is 1. The van der Waals surface area contributed by atoms with Gasteiger partial charge in [-0.05, 0) is 30.5 Å². The molecule has 1 aromatic carbocycles. The summed E-state index contributed by atoms with van der Waals surface area (Å²) in [7, 11) is 0. The molecule has 0 atom stereocenters. The van der Waals surface area contributed by atoms with E-state index in [0.29, 0.717) is 11.1 Å². The van der Waals surface area contributed by atoms with Gasteiger partial charge in [-0.15, -0.1) is 0 Å². The fourth-order valence-corrected chi connectivity index (χ4v) is 1.75. The highest BCUT2D eigenvalue weighted by Gasteiger charge is 2.26. The van der Waals surface area contributed by atoms with E-state index >= 15 is 0 Å². The molecule has 5 nitrogen and oxygen atoms in total. The summed E-state index contributed by atoms with van der Waals surface area (Å²) in [6.07, 6.45) is 0. The molecule has 0 aliphatic heterocycles. The number of phenols is 1. The number of hydrogen-bond donors (Lipinski definition) is 4. The number of carbonyl (C=O) groups excluding carboxylic acids is 1. The summed E-state index contributed by atoms with van der Waals surface area (Å²) in [6.45, 7) is 6.65. The zero-order valence-corrected chi connectivity index (χ0v) is 12.4. The van der Waals surface area contributed by atoms with Crippen LogP contribution in [0.3, 0.4) is 0 Å². The summed E-state index contributed by atoms with van der Waals surface area (Å²) in [4.78, 5) is 12.2. The lowest BCUT2D eigenvalue weighted by Gasteiger charge is -2.27. The van der Waals surface area contributed by atoms with Gasteiger partial charge in [-0.25, -0.2) is 0 Å². The lowest BCUT2D eigenvalue weighted by molar-refractivity contribution is 0.0723. The van der Waals surface area contributed by atoms with E-state index in [1.54, 1.807) is 13.0 Å². The predicted octanol–water partition coefficient (Wildman–Crippen LogP) is 1.16. The van der Waals surface area contributed by atoms with Crippen LogP contribution < -0.4 is 5.32 Å². The molecule has 0 spiro atoms. The smallest absolute Gasteiger partial charge is 0.251 e. The number of aromatic hydroxyl groups is 1. The third-order valence-corrected chi connectivity index (χ3v) is 3.18. The Bertz CT molecular complexity index is 487. The standard InChI is InChI=1S/C15H23NO4/c1-14(2,3)11-7-10(5-6-12(11)19)13(20)16-15(4,8-17)9-18/h5-7,17-19H,8-9H2,1-4H3,(H,16,20). The number of rotatable bonds is 4. The van der Waals surface area contributed by atoms with Crippen molar-refractivity contribution in [1.29, 1.82) is 0 Å². The highest BCUT2D eigenvalue weighted by atomic mass is 16.3. The number of aliphatic hydroxyl groups excluding tert-OH is 2. The van der Waals surface area contributed by atoms with Crippen LogP contribution in [0.5, 0.6) is 5.75 Å². The third-order valence-electron chi connectivity index (χ3n) is 3.18. The summed E-state index contributed by atoms with van der Waals surface area (Å²) in [5, 5.41) is 30.8. The molecule has 112 valence electrons. The summed E-state index contributed by atoms with van der Waals surface area (Å²) in [5.41, 5.74) is -0.324. The van der Waals surface area contributed by atoms with Crippen LogP contribution in [0.25, 0.3) is 0 Å². The van der Waals surface area contributed by atoms with Gasteiger partial charge in [0.15, 0.2) is 0 Å². The first kappa shape index (κ1) is 16.5. The minimum absolute atomic E-state index is 0.140. The maximum Gasteiger partial charge on any atom is 0.251 e. The topological polar surface area (TPSA) is 89.8 Å². The van der Waals surface area contributed by atoms with E-state index in [0.717, 1.165) is 0 Å². The van der Waals surface area contributed by atoms with Crippen molar-refractivity contribution in [2.24, 2.45) is 0 Å². The fraction of sp³-hybridized carbons (Fsp3) is 0.533. The first-order valence-electron chi connectivity index (χ1n) is 6.51. The molecule has 1 amide bonds. The maximum absolute atomic E-state index is 12.2. The Morgan fingerprint density at radius 2 is 1.70 bits per heavy atom. The molecule has 0 heterocycles. The second kappa shape index (κ2) is 5.81. The Morgan fingerprint density at radius 1 is 1.15 bits per heavy atom. The molecule has 0 saturated heterocycles. The van der Waals surface area contributed by atoms with Crippen LogP contribution in [0.4, 0.5) is 0 Å². The van der Waals surface area contributed by atoms with Crippen molar-refractivity contribution in [1.82, 2.24) is 5.32 Å². The Morgan fingerprint density at radius 3 is 2.15 bits per heavy atom. The van der Waals surface area contributed by atoms with Gasteiger partial charge >= 0.3 is 0 Å². The molecule has 0 saturated carbocycles. The van der Waals surface area contributed by atoms with Crippen molar-refractivity contribution >= 4 is 5.91 Å². The summed E-state index contributed by atoms with van der Waals surface area (Å²) >= 11 is 0. The van der Waals surface area contributed by atoms with Crippen molar-refractivity contribution in [2.75, 3.05) is 13.2 Å². The van der Waals surface area contributed by atoms with Crippen molar-refractivity contribution in [3.05, 3.63) is 29.3 Å². The number of amides is 1. The van der Waals surface area contributed by atoms with E-state index in [4.69, 9.17) is 0 Å². The monoisotopic (exact) mass is 281 g/mol. The van der Waals surface area contributed by atoms with Crippen LogP contribution in [0, 0.1) is 0 Å². The van der Waals surface area contributed by atoms with Crippen molar-refractivity contribution in [3.63, 3.8) is 0 Å². The SMILES string of the molecule is CC(CO)(CO)NC(=O)c1ccc(O)c(C(C)(C)C)c1. The zero-order chi connectivity index (χ0) is 15.6. The minimum Gasteiger partial charge on any atom is -0.508 e. The molecule has 20 heavy (non-hydrogen) atoms. The fourth-order valence-electron chi connectivity index (χ4n) is 1.75. The van der Waals surface area contributed by atoms with E-state index in [1.807, 2.05) is 20.8 Å². The van der Waals surface area contributed by atoms with E-state index in [1.165, 1.54) is 12.1 Å². The Labute approximate surface area is 119 Å². The highest BCUT2D eigenvalue weighted by molar-refractivity contribution is 5.95. The first-order chi connectivity index (χ1) is 9.13. The number of phenolic OH excluding ortho intramolecular Hbond substituents is 1. The van der Waals surface area contributed by atoms with E-state index in [9.17, 15) is 20.1 Å². The van der Waals surface area contributed by atoms with E-state index in [-0.39, 0.29) is 24.4 Å². The van der Waals surface area contributed by atoms with Gasteiger partial charge in [0.1, 0.15) is 5.75 Å². The van der Waals surface area contributed by atoms with Crippen LogP contribution in [0.1, 0.15) is 43.6 Å². The van der Waals surface area contributed by atoms with Gasteiger partial charge in [0.25, 0.3) is 5.91 Å². The largest absolute Gasteiger partial charge is 0.508 e. The molecule has 0 aromatic heterocycles. The Hall–Kier alpha value is -1.59. The molecule has 0 aliphatic rings. The van der Waals surface area contributed by atoms with Crippen molar-refractivity contribution in [3.8, 4) is 5.75 Å². The molecule has 0 fully saturated rings. The molecule has 1 rings (SSSR count). The van der Waals surface area contributed by atoms with Gasteiger partial charge in [0.05, 0.1) is 18.8 Å². The van der Waals surface area contributed by atoms with Crippen LogP contribution >= 0.6 is 0 Å². The van der Waals surface area contributed by atoms with Crippen molar-refractivity contribution < 1.29 is 20.1 Å². The number of carbonyl (C=O) groups is 1. The zero-order valence-electron chi connectivity index (χ0n) is 12.4. The number of aliphatic hydroxyl groups is 2. The molecule has 4 N–H and O–H groups in total. The van der Waals surface area contributed by atoms with E-state index in [2.05, 4.69) is 5.32 Å². The average molecular weight is 281 g/mol. The van der Waals surface area contributed by atoms with Gasteiger partial charge < -0.3 is 20.6 Å². The predicted molar refractivity (Wildman–Crippen MR) is 76.8 cm³/mol. The third kappa shape index (κ3) is 3.71. The summed E-state index contributed by atoms with van der Waals surface area (Å²) < 4.78 is 0. The van der Waals surface area contributed by atoms with Gasteiger partial charge in [-0.2, -0.15) is 0 Å². The molecule has 1 aromatic rings. The molecule has 0 aliphatic carbocycles. The highest BCUT2D eigenvalue weighted by Crippen LogP contribution is 2.31. The number of nitrogens with one attached hydrogen (secondary N) is 1. The van der Waals surface area contributed by atoms with Crippen LogP contribution in [0.2, 0.25) is 0 Å². The number of hydrogen-bond acceptors (Lipinski definition) is 4. The lowest BCUT2D eigenvalue weighted by atomic mass is 9.85. The molecule has 0 radical (unpaired) electrons. The van der Waals surface area contributed by atoms with Gasteiger partial charge in [-0.1, -0.05) is 20.8 Å². The summed E-state index contributed by atoms with van der Waals surface area (Å²) in [5.74, 6) is -0.262. The first-order valence-corrected chi connectivity index (χ1v) is 6.51. The van der Waals surface area contributed by atoms with Crippen LogP contribution in [-0.2, 0) is 5.41 Å². The van der Waals surface area contributed by atoms with Crippen LogP contribution in [0.15, 0.2) is 18.2 Å². The molecule has 0 bridgehead atoms. The van der Waals surface area contributed by atoms with Gasteiger partial charge in [0.2, 0.25) is 0 Å². The molecular weight excluding hydrogens is 258 g/mol. The van der Waals surface area contributed by atoms with Gasteiger partial charge in [0, 0.05) is 11.1 Å². The van der Waals surface area contributed by atoms with E-state index < -0.39 is 11.4 Å². The lowest BCUT2D eigenvalue weighted by Crippen LogP contribution is -2.51.